The van der Waals surface area contributed by atoms with Gasteiger partial charge in [-0.05, 0) is 182 Å². The number of allylic oxidation sites excluding steroid dienone is 9. The summed E-state index contributed by atoms with van der Waals surface area (Å²) in [5.74, 6) is 1.48. The van der Waals surface area contributed by atoms with Crippen molar-refractivity contribution in [2.45, 2.75) is 168 Å². The fourth-order valence-corrected chi connectivity index (χ4v) is 20.7. The molecule has 4 fully saturated rings. The average Bonchev–Trinajstić information content (AvgIpc) is 3.78. The van der Waals surface area contributed by atoms with Gasteiger partial charge in [0.2, 0.25) is 0 Å². The molecule has 74 heavy (non-hydrogen) atoms. The molecule has 0 saturated heterocycles. The zero-order chi connectivity index (χ0) is 50.9. The molecular weight excluding hydrogens is 909 g/mol. The van der Waals surface area contributed by atoms with Crippen molar-refractivity contribution < 1.29 is 20.1 Å². The van der Waals surface area contributed by atoms with Crippen molar-refractivity contribution in [2.24, 2.45) is 74.4 Å². The van der Waals surface area contributed by atoms with Crippen LogP contribution in [0.5, 0.6) is 0 Å². The largest absolute Gasteiger partial charge is 0.481 e. The Morgan fingerprint density at radius 2 is 1.73 bits per heavy atom. The lowest BCUT2D eigenvalue weighted by Gasteiger charge is -2.75. The van der Waals surface area contributed by atoms with E-state index in [1.54, 1.807) is 16.7 Å². The molecule has 0 amide bonds. The van der Waals surface area contributed by atoms with Crippen molar-refractivity contribution in [1.29, 1.82) is 0 Å². The molecule has 5 N–H and O–H groups in total. The van der Waals surface area contributed by atoms with Crippen LogP contribution in [0.3, 0.4) is 0 Å². The van der Waals surface area contributed by atoms with E-state index in [0.29, 0.717) is 37.0 Å². The van der Waals surface area contributed by atoms with Crippen LogP contribution in [-0.4, -0.2) is 46.6 Å². The molecule has 15 bridgehead atoms. The summed E-state index contributed by atoms with van der Waals surface area (Å²) in [5.41, 5.74) is 11.5. The predicted molar refractivity (Wildman–Crippen MR) is 298 cm³/mol. The zero-order valence-electron chi connectivity index (χ0n) is 45.3. The van der Waals surface area contributed by atoms with Gasteiger partial charge in [0.15, 0.2) is 0 Å². The van der Waals surface area contributed by atoms with Gasteiger partial charge < -0.3 is 26.0 Å². The van der Waals surface area contributed by atoms with Crippen molar-refractivity contribution in [3.63, 3.8) is 0 Å². The molecule has 6 aliphatic heterocycles. The summed E-state index contributed by atoms with van der Waals surface area (Å²) in [4.78, 5) is 14.2. The number of hydrogen-bond acceptors (Lipinski definition) is 5. The molecule has 6 heterocycles. The van der Waals surface area contributed by atoms with E-state index in [9.17, 15) is 20.1 Å². The van der Waals surface area contributed by atoms with E-state index in [2.05, 4.69) is 117 Å². The number of aliphatic hydroxyl groups excluding tert-OH is 2. The molecule has 2 spiro atoms. The minimum Gasteiger partial charge on any atom is -0.481 e. The van der Waals surface area contributed by atoms with E-state index in [-0.39, 0.29) is 56.9 Å². The van der Waals surface area contributed by atoms with Crippen LogP contribution >= 0.6 is 0 Å². The molecule has 13 unspecified atom stereocenters. The van der Waals surface area contributed by atoms with Crippen molar-refractivity contribution in [3.8, 4) is 0 Å². The number of carboxylic acids is 1. The minimum absolute atomic E-state index is 0.141. The molecule has 0 aromatic heterocycles. The SMILES string of the molecule is C=C1CCC(C(=O)O)C2C(O)CC34CCCC(CC5=C3CC36C=C7C(=c8ccccc8=CC7C57CCC(O)C(C)(CC=C3CC(C)C)C67)Cc3cccc(c3)C3=CC=C(NCCCC1C1CCCCC1)NC3)C24C. The van der Waals surface area contributed by atoms with Gasteiger partial charge in [-0.2, -0.15) is 0 Å². The minimum atomic E-state index is -0.726. The molecule has 2 aromatic carbocycles. The first-order valence-electron chi connectivity index (χ1n) is 29.9. The van der Waals surface area contributed by atoms with Crippen LogP contribution in [0.1, 0.15) is 161 Å². The fraction of sp³-hybridized carbons (Fsp3) is 0.603. The third-order valence-corrected chi connectivity index (χ3v) is 23.6. The lowest BCUT2D eigenvalue weighted by atomic mass is 9.29. The summed E-state index contributed by atoms with van der Waals surface area (Å²) in [6.45, 7) is 16.3. The number of carboxylic acid groups (broad SMARTS) is 1. The molecule has 0 radical (unpaired) electrons. The van der Waals surface area contributed by atoms with E-state index in [1.807, 2.05) is 0 Å². The third kappa shape index (κ3) is 7.10. The Balaban J connectivity index is 1.03. The second-order valence-corrected chi connectivity index (χ2v) is 27.2. The molecule has 2 aromatic rings. The van der Waals surface area contributed by atoms with Crippen molar-refractivity contribution in [2.75, 3.05) is 13.1 Å². The predicted octanol–water partition coefficient (Wildman–Crippen LogP) is 12.3. The topological polar surface area (TPSA) is 102 Å². The molecule has 6 nitrogen and oxygen atoms in total. The molecular formula is C68H86N2O4. The van der Waals surface area contributed by atoms with Gasteiger partial charge in [-0.25, -0.2) is 0 Å². The molecule has 17 rings (SSSR count). The Bertz CT molecular complexity index is 2950. The third-order valence-electron chi connectivity index (χ3n) is 23.6. The molecule has 6 heteroatoms. The fourth-order valence-electron chi connectivity index (χ4n) is 20.7. The van der Waals surface area contributed by atoms with Gasteiger partial charge in [0.05, 0.1) is 23.9 Å². The van der Waals surface area contributed by atoms with Gasteiger partial charge in [0, 0.05) is 46.6 Å². The van der Waals surface area contributed by atoms with Gasteiger partial charge >= 0.3 is 5.97 Å². The van der Waals surface area contributed by atoms with Gasteiger partial charge in [0.25, 0.3) is 0 Å². The normalized spacial score (nSPS) is 40.5. The molecule has 392 valence electrons. The number of aliphatic carboxylic acids is 1. The lowest BCUT2D eigenvalue weighted by Crippen LogP contribution is -2.69. The van der Waals surface area contributed by atoms with Crippen LogP contribution in [-0.2, 0) is 11.2 Å². The summed E-state index contributed by atoms with van der Waals surface area (Å²) in [5, 5.41) is 47.6. The number of benzene rings is 2. The first kappa shape index (κ1) is 49.2. The van der Waals surface area contributed by atoms with Crippen LogP contribution < -0.4 is 21.1 Å². The van der Waals surface area contributed by atoms with Crippen LogP contribution in [0.4, 0.5) is 0 Å². The van der Waals surface area contributed by atoms with Crippen LogP contribution in [0.25, 0.3) is 17.2 Å². The summed E-state index contributed by atoms with van der Waals surface area (Å²) >= 11 is 0. The monoisotopic (exact) mass is 995 g/mol. The van der Waals surface area contributed by atoms with E-state index in [0.717, 1.165) is 96.0 Å². The van der Waals surface area contributed by atoms with E-state index in [1.165, 1.54) is 76.0 Å². The van der Waals surface area contributed by atoms with Crippen LogP contribution in [0.2, 0.25) is 0 Å². The Kier molecular flexibility index (Phi) is 12.0. The van der Waals surface area contributed by atoms with Gasteiger partial charge in [-0.1, -0.05) is 155 Å². The van der Waals surface area contributed by atoms with Gasteiger partial charge in [-0.3, -0.25) is 4.79 Å². The highest BCUT2D eigenvalue weighted by atomic mass is 16.4. The molecule has 13 atom stereocenters. The lowest BCUT2D eigenvalue weighted by molar-refractivity contribution is -0.173. The van der Waals surface area contributed by atoms with E-state index >= 15 is 0 Å². The van der Waals surface area contributed by atoms with E-state index < -0.39 is 18.0 Å². The van der Waals surface area contributed by atoms with Crippen LogP contribution in [0.15, 0.2) is 113 Å². The Hall–Kier alpha value is -4.39. The summed E-state index contributed by atoms with van der Waals surface area (Å²) in [6.07, 6.45) is 31.6. The average molecular weight is 995 g/mol. The first-order chi connectivity index (χ1) is 35.7. The molecule has 4 saturated carbocycles. The smallest absolute Gasteiger partial charge is 0.306 e. The van der Waals surface area contributed by atoms with Crippen molar-refractivity contribution >= 4 is 23.2 Å². The number of carbonyl (C=O) groups is 1. The number of dihydropyridines is 1. The molecule has 15 aliphatic rings. The highest BCUT2D eigenvalue weighted by Gasteiger charge is 2.77. The summed E-state index contributed by atoms with van der Waals surface area (Å²) < 4.78 is 0. The Morgan fingerprint density at radius 1 is 0.892 bits per heavy atom. The number of rotatable bonds is 4. The highest BCUT2D eigenvalue weighted by molar-refractivity contribution is 5.78. The second kappa shape index (κ2) is 18.1. The van der Waals surface area contributed by atoms with Crippen molar-refractivity contribution in [1.82, 2.24) is 10.6 Å². The summed E-state index contributed by atoms with van der Waals surface area (Å²) in [6, 6.07) is 18.6. The summed E-state index contributed by atoms with van der Waals surface area (Å²) in [7, 11) is 0. The Labute approximate surface area is 442 Å². The standard InChI is InChI=1S/C68H86N2O4/c1-41(2)32-49-26-29-64(4)59(72)27-30-68-55-35-46-17-9-10-20-51(46)53-34-43-14-11-18-45(33-43)47-23-25-60(70-40-47)69-31-13-21-50(44-15-7-6-8-16-44)42(3)22-24-52(62(73)74)61-58(71)39-67-28-12-19-48(65(61,67)5)36-56(68)57(67)38-66(49,63(64)68)37-54(53)55/h9-11,14,17-18,20,23,25-26,33,35,37,41,44,48,50,52,55,58-59,61,63,69-72H,3,6-8,12-13,15-16,19,21-22,24,27-32,34,36,38-40H2,1-2,4-5H3,(H,73,74). The second-order valence-electron chi connectivity index (χ2n) is 27.2. The van der Waals surface area contributed by atoms with Crippen LogP contribution in [0, 0.1) is 74.4 Å². The number of aliphatic hydroxyl groups is 2. The van der Waals surface area contributed by atoms with Gasteiger partial charge in [-0.15, -0.1) is 0 Å². The maximum absolute atomic E-state index is 14.2. The quantitative estimate of drug-likeness (QED) is 0.196. The number of nitrogens with one attached hydrogen (secondary N) is 2. The van der Waals surface area contributed by atoms with Crippen molar-refractivity contribution in [3.05, 3.63) is 135 Å². The Morgan fingerprint density at radius 3 is 2.53 bits per heavy atom. The number of fused-ring (bicyclic) bond motifs is 1. The maximum Gasteiger partial charge on any atom is 0.306 e. The maximum atomic E-state index is 14.2. The van der Waals surface area contributed by atoms with E-state index in [4.69, 9.17) is 6.58 Å². The zero-order valence-corrected chi connectivity index (χ0v) is 45.3. The number of hydrogen-bond donors (Lipinski definition) is 5. The highest BCUT2D eigenvalue weighted by Crippen LogP contribution is 2.84. The first-order valence-corrected chi connectivity index (χ1v) is 29.9. The molecule has 9 aliphatic carbocycles. The van der Waals surface area contributed by atoms with Gasteiger partial charge in [0.1, 0.15) is 0 Å².